The normalized spacial score (nSPS) is 10.3. The van der Waals surface area contributed by atoms with E-state index in [4.69, 9.17) is 9.47 Å². The summed E-state index contributed by atoms with van der Waals surface area (Å²) in [6.45, 7) is 0. The van der Waals surface area contributed by atoms with Gasteiger partial charge in [-0.05, 0) is 0 Å². The van der Waals surface area contributed by atoms with E-state index >= 15 is 0 Å². The van der Waals surface area contributed by atoms with Crippen molar-refractivity contribution in [2.24, 2.45) is 0 Å². The highest BCUT2D eigenvalue weighted by Crippen LogP contribution is 2.30. The average molecular weight is 206 g/mol. The zero-order valence-electron chi connectivity index (χ0n) is 8.39. The first kappa shape index (κ1) is 9.51. The smallest absolute Gasteiger partial charge is 0.230 e. The van der Waals surface area contributed by atoms with Crippen LogP contribution in [0.15, 0.2) is 18.3 Å². The van der Waals surface area contributed by atoms with Gasteiger partial charge in [-0.25, -0.2) is 9.97 Å². The third-order valence-electron chi connectivity index (χ3n) is 2.03. The molecular formula is C10H10N2O3. The van der Waals surface area contributed by atoms with Gasteiger partial charge in [0.2, 0.25) is 5.88 Å². The number of ether oxygens (including phenoxy) is 2. The number of aromatic nitrogens is 2. The Labute approximate surface area is 86.3 Å². The standard InChI is InChI=1S/C10H10N2O3/c1-14-8-3-6-7(4-9(8)15-2)12-10(13)5-11-6/h3-5H,1-2H3,(H,12,13). The molecule has 0 amide bonds. The molecule has 2 rings (SSSR count). The first-order valence-electron chi connectivity index (χ1n) is 4.32. The highest BCUT2D eigenvalue weighted by atomic mass is 16.5. The van der Waals surface area contributed by atoms with Crippen LogP contribution in [0, 0.1) is 0 Å². The first-order valence-corrected chi connectivity index (χ1v) is 4.32. The predicted octanol–water partition coefficient (Wildman–Crippen LogP) is 1.35. The molecule has 78 valence electrons. The Bertz CT molecular complexity index is 499. The number of fused-ring (bicyclic) bond motifs is 1. The van der Waals surface area contributed by atoms with Crippen molar-refractivity contribution in [1.29, 1.82) is 0 Å². The van der Waals surface area contributed by atoms with Crippen LogP contribution in [-0.4, -0.2) is 29.3 Å². The predicted molar refractivity (Wildman–Crippen MR) is 54.3 cm³/mol. The number of hydrogen-bond donors (Lipinski definition) is 1. The topological polar surface area (TPSA) is 64.5 Å². The molecule has 1 N–H and O–H groups in total. The van der Waals surface area contributed by atoms with Crippen molar-refractivity contribution in [2.45, 2.75) is 0 Å². The SMILES string of the molecule is COc1cc2ncc(O)nc2cc1OC. The summed E-state index contributed by atoms with van der Waals surface area (Å²) in [5.41, 5.74) is 1.21. The van der Waals surface area contributed by atoms with E-state index in [1.807, 2.05) is 0 Å². The Hall–Kier alpha value is -2.04. The fourth-order valence-electron chi connectivity index (χ4n) is 1.33. The van der Waals surface area contributed by atoms with Gasteiger partial charge in [0.25, 0.3) is 0 Å². The molecule has 0 aliphatic rings. The highest BCUT2D eigenvalue weighted by Gasteiger charge is 2.07. The number of hydrogen-bond acceptors (Lipinski definition) is 5. The van der Waals surface area contributed by atoms with E-state index in [9.17, 15) is 5.11 Å². The lowest BCUT2D eigenvalue weighted by Crippen LogP contribution is -1.92. The number of nitrogens with zero attached hydrogens (tertiary/aromatic N) is 2. The summed E-state index contributed by atoms with van der Waals surface area (Å²) in [5, 5.41) is 9.17. The zero-order valence-corrected chi connectivity index (χ0v) is 8.39. The molecule has 0 fully saturated rings. The second kappa shape index (κ2) is 3.61. The Kier molecular flexibility index (Phi) is 2.29. The van der Waals surface area contributed by atoms with E-state index in [1.54, 1.807) is 26.4 Å². The van der Waals surface area contributed by atoms with Crippen molar-refractivity contribution < 1.29 is 14.6 Å². The summed E-state index contributed by atoms with van der Waals surface area (Å²) < 4.78 is 10.2. The van der Waals surface area contributed by atoms with Crippen molar-refractivity contribution in [3.05, 3.63) is 18.3 Å². The lowest BCUT2D eigenvalue weighted by atomic mass is 10.2. The van der Waals surface area contributed by atoms with Crippen LogP contribution in [0.2, 0.25) is 0 Å². The molecule has 1 heterocycles. The Morgan fingerprint density at radius 1 is 1.07 bits per heavy atom. The van der Waals surface area contributed by atoms with E-state index in [2.05, 4.69) is 9.97 Å². The molecule has 0 aliphatic carbocycles. The largest absolute Gasteiger partial charge is 0.493 e. The Balaban J connectivity index is 2.69. The van der Waals surface area contributed by atoms with Crippen molar-refractivity contribution >= 4 is 11.0 Å². The van der Waals surface area contributed by atoms with Crippen LogP contribution in [0.25, 0.3) is 11.0 Å². The molecule has 0 unspecified atom stereocenters. The maximum atomic E-state index is 9.17. The van der Waals surface area contributed by atoms with Crippen LogP contribution < -0.4 is 9.47 Å². The van der Waals surface area contributed by atoms with Gasteiger partial charge in [0.05, 0.1) is 31.4 Å². The van der Waals surface area contributed by atoms with Crippen LogP contribution >= 0.6 is 0 Å². The van der Waals surface area contributed by atoms with Gasteiger partial charge >= 0.3 is 0 Å². The minimum Gasteiger partial charge on any atom is -0.493 e. The molecule has 0 saturated carbocycles. The van der Waals surface area contributed by atoms with Gasteiger partial charge in [0.1, 0.15) is 0 Å². The van der Waals surface area contributed by atoms with Crippen molar-refractivity contribution in [1.82, 2.24) is 9.97 Å². The van der Waals surface area contributed by atoms with Crippen LogP contribution in [-0.2, 0) is 0 Å². The molecule has 0 spiro atoms. The van der Waals surface area contributed by atoms with Gasteiger partial charge in [-0.15, -0.1) is 0 Å². The summed E-state index contributed by atoms with van der Waals surface area (Å²) in [5.74, 6) is 1.03. The Morgan fingerprint density at radius 3 is 2.27 bits per heavy atom. The lowest BCUT2D eigenvalue weighted by Gasteiger charge is -2.07. The van der Waals surface area contributed by atoms with Crippen LogP contribution in [0.1, 0.15) is 0 Å². The molecule has 0 aliphatic heterocycles. The maximum Gasteiger partial charge on any atom is 0.230 e. The van der Waals surface area contributed by atoms with Crippen molar-refractivity contribution in [3.8, 4) is 17.4 Å². The summed E-state index contributed by atoms with van der Waals surface area (Å²) in [4.78, 5) is 7.93. The van der Waals surface area contributed by atoms with E-state index < -0.39 is 0 Å². The number of methoxy groups -OCH3 is 2. The third-order valence-corrected chi connectivity index (χ3v) is 2.03. The van der Waals surface area contributed by atoms with Gasteiger partial charge in [-0.3, -0.25) is 0 Å². The Morgan fingerprint density at radius 2 is 1.67 bits per heavy atom. The summed E-state index contributed by atoms with van der Waals surface area (Å²) >= 11 is 0. The van der Waals surface area contributed by atoms with E-state index in [-0.39, 0.29) is 5.88 Å². The summed E-state index contributed by atoms with van der Waals surface area (Å²) in [6, 6.07) is 3.38. The maximum absolute atomic E-state index is 9.17. The van der Waals surface area contributed by atoms with Crippen molar-refractivity contribution in [2.75, 3.05) is 14.2 Å². The second-order valence-electron chi connectivity index (χ2n) is 2.92. The third kappa shape index (κ3) is 1.63. The van der Waals surface area contributed by atoms with Crippen LogP contribution in [0.3, 0.4) is 0 Å². The molecule has 0 radical (unpaired) electrons. The molecule has 5 heteroatoms. The van der Waals surface area contributed by atoms with Crippen molar-refractivity contribution in [3.63, 3.8) is 0 Å². The van der Waals surface area contributed by atoms with E-state index in [1.165, 1.54) is 6.20 Å². The summed E-state index contributed by atoms with van der Waals surface area (Å²) in [7, 11) is 3.09. The zero-order chi connectivity index (χ0) is 10.8. The molecule has 5 nitrogen and oxygen atoms in total. The monoisotopic (exact) mass is 206 g/mol. The first-order chi connectivity index (χ1) is 7.24. The fourth-order valence-corrected chi connectivity index (χ4v) is 1.33. The molecule has 0 saturated heterocycles. The highest BCUT2D eigenvalue weighted by molar-refractivity contribution is 5.79. The fraction of sp³-hybridized carbons (Fsp3) is 0.200. The van der Waals surface area contributed by atoms with E-state index in [0.717, 1.165) is 0 Å². The van der Waals surface area contributed by atoms with Gasteiger partial charge in [-0.2, -0.15) is 0 Å². The quantitative estimate of drug-likeness (QED) is 0.803. The summed E-state index contributed by atoms with van der Waals surface area (Å²) in [6.07, 6.45) is 1.29. The minimum atomic E-state index is -0.116. The number of benzene rings is 1. The second-order valence-corrected chi connectivity index (χ2v) is 2.92. The molecular weight excluding hydrogens is 196 g/mol. The van der Waals surface area contributed by atoms with E-state index in [0.29, 0.717) is 22.5 Å². The lowest BCUT2D eigenvalue weighted by molar-refractivity contribution is 0.355. The molecule has 2 aromatic rings. The number of rotatable bonds is 2. The molecule has 1 aromatic heterocycles. The average Bonchev–Trinajstić information content (AvgIpc) is 2.27. The van der Waals surface area contributed by atoms with Gasteiger partial charge in [0.15, 0.2) is 11.5 Å². The van der Waals surface area contributed by atoms with Crippen LogP contribution in [0.5, 0.6) is 17.4 Å². The van der Waals surface area contributed by atoms with Gasteiger partial charge < -0.3 is 14.6 Å². The molecule has 15 heavy (non-hydrogen) atoms. The number of aromatic hydroxyl groups is 1. The molecule has 0 atom stereocenters. The molecule has 0 bridgehead atoms. The minimum absolute atomic E-state index is 0.116. The van der Waals surface area contributed by atoms with Gasteiger partial charge in [-0.1, -0.05) is 0 Å². The van der Waals surface area contributed by atoms with Gasteiger partial charge in [0, 0.05) is 12.1 Å². The van der Waals surface area contributed by atoms with Crippen LogP contribution in [0.4, 0.5) is 0 Å². The molecule has 1 aromatic carbocycles.